The second kappa shape index (κ2) is 6.52. The molecule has 9 nitrogen and oxygen atoms in total. The van der Waals surface area contributed by atoms with Crippen molar-refractivity contribution < 1.29 is 19.3 Å². The minimum Gasteiger partial charge on any atom is -0.367 e. The van der Waals surface area contributed by atoms with Crippen molar-refractivity contribution in [3.05, 3.63) is 33.9 Å². The van der Waals surface area contributed by atoms with Crippen molar-refractivity contribution >= 4 is 29.2 Å². The number of nitro benzene ring substituents is 1. The predicted octanol–water partition coefficient (Wildman–Crippen LogP) is 2.62. The van der Waals surface area contributed by atoms with E-state index in [4.69, 9.17) is 0 Å². The van der Waals surface area contributed by atoms with Gasteiger partial charge in [-0.15, -0.1) is 0 Å². The van der Waals surface area contributed by atoms with Crippen molar-refractivity contribution in [1.82, 2.24) is 10.2 Å². The molecule has 1 aromatic carbocycles. The van der Waals surface area contributed by atoms with Crippen LogP contribution in [0.1, 0.15) is 46.1 Å². The van der Waals surface area contributed by atoms with E-state index in [2.05, 4.69) is 12.2 Å². The first kappa shape index (κ1) is 20.3. The lowest BCUT2D eigenvalue weighted by Gasteiger charge is -2.55. The van der Waals surface area contributed by atoms with Crippen molar-refractivity contribution in [2.75, 3.05) is 11.4 Å². The monoisotopic (exact) mass is 414 g/mol. The second-order valence-electron chi connectivity index (χ2n) is 9.63. The highest BCUT2D eigenvalue weighted by Crippen LogP contribution is 2.49. The topological polar surface area (TPSA) is 113 Å². The van der Waals surface area contributed by atoms with Gasteiger partial charge in [0.15, 0.2) is 5.41 Å². The zero-order valence-electron chi connectivity index (χ0n) is 17.6. The number of nitrogens with zero attached hydrogens (tertiary/aromatic N) is 3. The van der Waals surface area contributed by atoms with Crippen LogP contribution in [0.25, 0.3) is 0 Å². The second-order valence-corrected chi connectivity index (χ2v) is 9.63. The van der Waals surface area contributed by atoms with E-state index in [0.717, 1.165) is 17.0 Å². The van der Waals surface area contributed by atoms with Crippen LogP contribution in [0.15, 0.2) is 18.2 Å². The Morgan fingerprint density at radius 1 is 1.23 bits per heavy atom. The fraction of sp³-hybridized carbons (Fsp3) is 0.571. The minimum atomic E-state index is -1.50. The fourth-order valence-electron chi connectivity index (χ4n) is 5.13. The molecule has 30 heavy (non-hydrogen) atoms. The third kappa shape index (κ3) is 2.79. The number of benzene rings is 1. The summed E-state index contributed by atoms with van der Waals surface area (Å²) in [7, 11) is 0. The Labute approximate surface area is 174 Å². The summed E-state index contributed by atoms with van der Waals surface area (Å²) in [5, 5.41) is 13.7. The molecule has 1 aromatic rings. The number of non-ortho nitro benzene ring substituents is 1. The van der Waals surface area contributed by atoms with Gasteiger partial charge in [0.1, 0.15) is 0 Å². The molecule has 0 aliphatic carbocycles. The standard InChI is InChI=1S/C21H26N4O5/c1-12-7-8-23-15-6-5-14(25(29)30)10-13(15)11-21(16(23)9-12)17(26)22-19(28)24(18(21)27)20(2,3)4/h5-6,10,12,16H,7-9,11H2,1-4H3,(H,22,26,28)/t12-,16-,21-/m0/s1. The van der Waals surface area contributed by atoms with Gasteiger partial charge in [0.05, 0.1) is 11.0 Å². The van der Waals surface area contributed by atoms with E-state index in [1.165, 1.54) is 12.1 Å². The maximum atomic E-state index is 13.8. The number of nitro groups is 1. The first-order valence-electron chi connectivity index (χ1n) is 10.2. The Morgan fingerprint density at radius 2 is 1.93 bits per heavy atom. The molecule has 0 saturated carbocycles. The van der Waals surface area contributed by atoms with Crippen LogP contribution in [0.5, 0.6) is 0 Å². The van der Waals surface area contributed by atoms with Crippen LogP contribution in [0, 0.1) is 21.4 Å². The number of imide groups is 2. The molecule has 4 amide bonds. The number of barbiturate groups is 1. The first-order valence-corrected chi connectivity index (χ1v) is 10.2. The van der Waals surface area contributed by atoms with Gasteiger partial charge in [0.2, 0.25) is 11.8 Å². The zero-order chi connectivity index (χ0) is 22.0. The molecule has 2 fully saturated rings. The molecule has 3 atom stereocenters. The quantitative estimate of drug-likeness (QED) is 0.429. The third-order valence-electron chi connectivity index (χ3n) is 6.57. The lowest BCUT2D eigenvalue weighted by Crippen LogP contribution is -2.75. The number of anilines is 1. The SMILES string of the molecule is C[C@H]1CCN2c3ccc([N+](=O)[O-])cc3C[C@@]3(C(=O)NC(=O)N(C(C)(C)C)C3=O)[C@@H]2C1. The van der Waals surface area contributed by atoms with Gasteiger partial charge >= 0.3 is 6.03 Å². The van der Waals surface area contributed by atoms with Crippen molar-refractivity contribution in [3.63, 3.8) is 0 Å². The maximum Gasteiger partial charge on any atom is 0.331 e. The van der Waals surface area contributed by atoms with Crippen LogP contribution in [0.4, 0.5) is 16.2 Å². The van der Waals surface area contributed by atoms with Crippen LogP contribution in [0.3, 0.4) is 0 Å². The van der Waals surface area contributed by atoms with E-state index < -0.39 is 39.8 Å². The number of carbonyl (C=O) groups excluding carboxylic acids is 3. The molecule has 0 bridgehead atoms. The number of carbonyl (C=O) groups is 3. The predicted molar refractivity (Wildman–Crippen MR) is 109 cm³/mol. The Hall–Kier alpha value is -2.97. The van der Waals surface area contributed by atoms with Crippen molar-refractivity contribution in [3.8, 4) is 0 Å². The molecular formula is C21H26N4O5. The Kier molecular flexibility index (Phi) is 4.41. The van der Waals surface area contributed by atoms with Gasteiger partial charge in [-0.05, 0) is 51.2 Å². The number of hydrogen-bond donors (Lipinski definition) is 1. The smallest absolute Gasteiger partial charge is 0.331 e. The van der Waals surface area contributed by atoms with Crippen molar-refractivity contribution in [2.24, 2.45) is 11.3 Å². The highest BCUT2D eigenvalue weighted by Gasteiger charge is 2.63. The van der Waals surface area contributed by atoms with Gasteiger partial charge in [0.25, 0.3) is 5.69 Å². The Bertz CT molecular complexity index is 969. The van der Waals surface area contributed by atoms with E-state index in [0.29, 0.717) is 24.4 Å². The maximum absolute atomic E-state index is 13.8. The average molecular weight is 414 g/mol. The highest BCUT2D eigenvalue weighted by atomic mass is 16.6. The molecule has 0 aromatic heterocycles. The Morgan fingerprint density at radius 3 is 2.57 bits per heavy atom. The number of nitrogens with one attached hydrogen (secondary N) is 1. The van der Waals surface area contributed by atoms with E-state index in [9.17, 15) is 24.5 Å². The average Bonchev–Trinajstić information content (AvgIpc) is 2.64. The molecular weight excluding hydrogens is 388 g/mol. The van der Waals surface area contributed by atoms with Gasteiger partial charge in [-0.3, -0.25) is 29.9 Å². The summed E-state index contributed by atoms with van der Waals surface area (Å²) in [5.41, 5.74) is -0.995. The summed E-state index contributed by atoms with van der Waals surface area (Å²) < 4.78 is 0. The highest BCUT2D eigenvalue weighted by molar-refractivity contribution is 6.20. The van der Waals surface area contributed by atoms with Crippen LogP contribution in [0.2, 0.25) is 0 Å². The van der Waals surface area contributed by atoms with Crippen LogP contribution < -0.4 is 10.2 Å². The third-order valence-corrected chi connectivity index (χ3v) is 6.57. The molecule has 0 unspecified atom stereocenters. The normalized spacial score (nSPS) is 28.9. The van der Waals surface area contributed by atoms with Crippen LogP contribution >= 0.6 is 0 Å². The summed E-state index contributed by atoms with van der Waals surface area (Å²) in [6.45, 7) is 7.97. The molecule has 3 heterocycles. The van der Waals surface area contributed by atoms with Crippen molar-refractivity contribution in [1.29, 1.82) is 0 Å². The minimum absolute atomic E-state index is 0.0302. The summed E-state index contributed by atoms with van der Waals surface area (Å²) in [4.78, 5) is 53.7. The molecule has 0 radical (unpaired) electrons. The van der Waals surface area contributed by atoms with Gasteiger partial charge in [0, 0.05) is 36.3 Å². The summed E-state index contributed by atoms with van der Waals surface area (Å²) >= 11 is 0. The molecule has 2 saturated heterocycles. The molecule has 160 valence electrons. The van der Waals surface area contributed by atoms with E-state index in [1.54, 1.807) is 26.8 Å². The molecule has 3 aliphatic rings. The number of rotatable bonds is 1. The Balaban J connectivity index is 1.91. The van der Waals surface area contributed by atoms with E-state index in [1.807, 2.05) is 4.90 Å². The van der Waals surface area contributed by atoms with Gasteiger partial charge in [-0.1, -0.05) is 6.92 Å². The largest absolute Gasteiger partial charge is 0.367 e. The molecule has 1 spiro atoms. The first-order chi connectivity index (χ1) is 14.0. The lowest BCUT2D eigenvalue weighted by atomic mass is 9.64. The number of fused-ring (bicyclic) bond motifs is 4. The molecule has 1 N–H and O–H groups in total. The van der Waals surface area contributed by atoms with E-state index >= 15 is 0 Å². The molecule has 3 aliphatic heterocycles. The van der Waals surface area contributed by atoms with E-state index in [-0.39, 0.29) is 12.1 Å². The summed E-state index contributed by atoms with van der Waals surface area (Å²) in [6.07, 6.45) is 1.55. The van der Waals surface area contributed by atoms with Gasteiger partial charge in [-0.25, -0.2) is 4.79 Å². The number of piperidine rings is 1. The lowest BCUT2D eigenvalue weighted by molar-refractivity contribution is -0.384. The van der Waals surface area contributed by atoms with Gasteiger partial charge < -0.3 is 4.90 Å². The number of hydrogen-bond acceptors (Lipinski definition) is 6. The van der Waals surface area contributed by atoms with Crippen LogP contribution in [-0.4, -0.2) is 45.8 Å². The summed E-state index contributed by atoms with van der Waals surface area (Å²) in [5.74, 6) is -0.826. The molecule has 9 heteroatoms. The number of amides is 4. The van der Waals surface area contributed by atoms with Crippen molar-refractivity contribution in [2.45, 2.75) is 58.5 Å². The van der Waals surface area contributed by atoms with Gasteiger partial charge in [-0.2, -0.15) is 0 Å². The number of urea groups is 1. The zero-order valence-corrected chi connectivity index (χ0v) is 17.6. The summed E-state index contributed by atoms with van der Waals surface area (Å²) in [6, 6.07) is 3.48. The molecule has 4 rings (SSSR count). The fourth-order valence-corrected chi connectivity index (χ4v) is 5.13. The van der Waals surface area contributed by atoms with Crippen LogP contribution in [-0.2, 0) is 16.0 Å².